The van der Waals surface area contributed by atoms with Gasteiger partial charge in [-0.25, -0.2) is 0 Å². The van der Waals surface area contributed by atoms with E-state index >= 15 is 0 Å². The second-order valence-electron chi connectivity index (χ2n) is 6.28. The van der Waals surface area contributed by atoms with E-state index < -0.39 is 4.92 Å². The van der Waals surface area contributed by atoms with Crippen LogP contribution in [0.25, 0.3) is 0 Å². The number of rotatable bonds is 9. The van der Waals surface area contributed by atoms with Crippen molar-refractivity contribution in [2.24, 2.45) is 0 Å². The third kappa shape index (κ3) is 5.15. The van der Waals surface area contributed by atoms with Crippen molar-refractivity contribution in [2.45, 2.75) is 25.0 Å². The number of nitrogens with one attached hydrogen (secondary N) is 1. The highest BCUT2D eigenvalue weighted by atomic mass is 32.2. The third-order valence-electron chi connectivity index (χ3n) is 4.34. The van der Waals surface area contributed by atoms with Crippen molar-refractivity contribution in [1.82, 2.24) is 14.8 Å². The Hall–Kier alpha value is -3.40. The SMILES string of the molecule is CCn1c(Cc2ccc(OC)cc2)nnc1SCC(=O)Nc1ccccc1[N+](=O)[O-]. The molecule has 3 rings (SSSR count). The monoisotopic (exact) mass is 427 g/mol. The molecule has 0 aliphatic carbocycles. The highest BCUT2D eigenvalue weighted by Gasteiger charge is 2.17. The van der Waals surface area contributed by atoms with Gasteiger partial charge in [0.05, 0.1) is 17.8 Å². The molecule has 2 aromatic carbocycles. The summed E-state index contributed by atoms with van der Waals surface area (Å²) >= 11 is 1.24. The van der Waals surface area contributed by atoms with Crippen LogP contribution in [0, 0.1) is 10.1 Å². The van der Waals surface area contributed by atoms with Gasteiger partial charge in [0.1, 0.15) is 17.3 Å². The Labute approximate surface area is 177 Å². The molecule has 9 nitrogen and oxygen atoms in total. The molecule has 0 aliphatic rings. The maximum Gasteiger partial charge on any atom is 0.292 e. The summed E-state index contributed by atoms with van der Waals surface area (Å²) in [6, 6.07) is 13.8. The van der Waals surface area contributed by atoms with Crippen molar-refractivity contribution >= 4 is 29.0 Å². The average Bonchev–Trinajstić information content (AvgIpc) is 3.14. The smallest absolute Gasteiger partial charge is 0.292 e. The van der Waals surface area contributed by atoms with Crippen LogP contribution in [0.3, 0.4) is 0 Å². The molecule has 0 aliphatic heterocycles. The van der Waals surface area contributed by atoms with E-state index in [1.54, 1.807) is 19.2 Å². The van der Waals surface area contributed by atoms with Gasteiger partial charge >= 0.3 is 0 Å². The van der Waals surface area contributed by atoms with Crippen molar-refractivity contribution in [3.05, 3.63) is 70.0 Å². The van der Waals surface area contributed by atoms with Crippen LogP contribution in [0.1, 0.15) is 18.3 Å². The lowest BCUT2D eigenvalue weighted by atomic mass is 10.1. The fraction of sp³-hybridized carbons (Fsp3) is 0.250. The van der Waals surface area contributed by atoms with Crippen LogP contribution in [0.15, 0.2) is 53.7 Å². The molecule has 10 heteroatoms. The van der Waals surface area contributed by atoms with Crippen LogP contribution in [0.2, 0.25) is 0 Å². The predicted octanol–water partition coefficient (Wildman–Crippen LogP) is 3.54. The maximum atomic E-state index is 12.3. The van der Waals surface area contributed by atoms with Crippen molar-refractivity contribution in [1.29, 1.82) is 0 Å². The Bertz CT molecular complexity index is 1040. The Morgan fingerprint density at radius 1 is 1.20 bits per heavy atom. The molecule has 0 bridgehead atoms. The van der Waals surface area contributed by atoms with Crippen molar-refractivity contribution in [2.75, 3.05) is 18.2 Å². The maximum absolute atomic E-state index is 12.3. The second kappa shape index (κ2) is 9.88. The Morgan fingerprint density at radius 3 is 2.60 bits per heavy atom. The lowest BCUT2D eigenvalue weighted by Crippen LogP contribution is -2.15. The molecular formula is C20H21N5O4S. The predicted molar refractivity (Wildman–Crippen MR) is 114 cm³/mol. The molecule has 0 spiro atoms. The summed E-state index contributed by atoms with van der Waals surface area (Å²) < 4.78 is 7.13. The number of aromatic nitrogens is 3. The normalized spacial score (nSPS) is 10.6. The first-order valence-electron chi connectivity index (χ1n) is 9.23. The lowest BCUT2D eigenvalue weighted by molar-refractivity contribution is -0.383. The van der Waals surface area contributed by atoms with Crippen LogP contribution in [0.5, 0.6) is 5.75 Å². The van der Waals surface area contributed by atoms with Gasteiger partial charge in [0.25, 0.3) is 5.69 Å². The quantitative estimate of drug-likeness (QED) is 0.316. The number of ether oxygens (including phenoxy) is 1. The summed E-state index contributed by atoms with van der Waals surface area (Å²) in [5.41, 5.74) is 1.10. The molecule has 0 saturated carbocycles. The van der Waals surface area contributed by atoms with Crippen LogP contribution in [0.4, 0.5) is 11.4 Å². The molecule has 3 aromatic rings. The molecule has 0 fully saturated rings. The van der Waals surface area contributed by atoms with Crippen LogP contribution in [-0.4, -0.2) is 38.5 Å². The number of thioether (sulfide) groups is 1. The van der Waals surface area contributed by atoms with Gasteiger partial charge in [0.2, 0.25) is 5.91 Å². The zero-order valence-corrected chi connectivity index (χ0v) is 17.4. The number of nitrogens with zero attached hydrogens (tertiary/aromatic N) is 4. The second-order valence-corrected chi connectivity index (χ2v) is 7.22. The van der Waals surface area contributed by atoms with E-state index in [0.29, 0.717) is 18.1 Å². The summed E-state index contributed by atoms with van der Waals surface area (Å²) in [6.07, 6.45) is 0.605. The molecule has 1 amide bonds. The van der Waals surface area contributed by atoms with Gasteiger partial charge < -0.3 is 14.6 Å². The van der Waals surface area contributed by atoms with Gasteiger partial charge in [0, 0.05) is 19.0 Å². The van der Waals surface area contributed by atoms with E-state index in [0.717, 1.165) is 17.1 Å². The zero-order valence-electron chi connectivity index (χ0n) is 16.6. The summed E-state index contributed by atoms with van der Waals surface area (Å²) in [5.74, 6) is 1.30. The van der Waals surface area contributed by atoms with Gasteiger partial charge in [-0.15, -0.1) is 10.2 Å². The molecule has 1 heterocycles. The summed E-state index contributed by atoms with van der Waals surface area (Å²) in [6.45, 7) is 2.64. The molecular weight excluding hydrogens is 406 g/mol. The fourth-order valence-electron chi connectivity index (χ4n) is 2.86. The molecule has 1 N–H and O–H groups in total. The number of benzene rings is 2. The van der Waals surface area contributed by atoms with Gasteiger partial charge in [0.15, 0.2) is 5.16 Å². The minimum atomic E-state index is -0.526. The van der Waals surface area contributed by atoms with Crippen molar-refractivity contribution in [3.63, 3.8) is 0 Å². The molecule has 0 radical (unpaired) electrons. The van der Waals surface area contributed by atoms with E-state index in [1.165, 1.54) is 23.9 Å². The number of methoxy groups -OCH3 is 1. The van der Waals surface area contributed by atoms with Gasteiger partial charge in [-0.3, -0.25) is 14.9 Å². The number of anilines is 1. The largest absolute Gasteiger partial charge is 0.497 e. The van der Waals surface area contributed by atoms with E-state index in [2.05, 4.69) is 15.5 Å². The number of para-hydroxylation sites is 2. The Morgan fingerprint density at radius 2 is 1.93 bits per heavy atom. The number of carbonyl (C=O) groups excluding carboxylic acids is 1. The van der Waals surface area contributed by atoms with E-state index in [4.69, 9.17) is 4.74 Å². The van der Waals surface area contributed by atoms with Crippen molar-refractivity contribution < 1.29 is 14.5 Å². The number of nitro groups is 1. The molecule has 0 unspecified atom stereocenters. The summed E-state index contributed by atoms with van der Waals surface area (Å²) in [5, 5.41) is 22.8. The number of hydrogen-bond donors (Lipinski definition) is 1. The third-order valence-corrected chi connectivity index (χ3v) is 5.30. The van der Waals surface area contributed by atoms with Crippen LogP contribution < -0.4 is 10.1 Å². The van der Waals surface area contributed by atoms with Crippen LogP contribution >= 0.6 is 11.8 Å². The Balaban J connectivity index is 1.64. The fourth-order valence-corrected chi connectivity index (χ4v) is 3.68. The molecule has 156 valence electrons. The van der Waals surface area contributed by atoms with Crippen molar-refractivity contribution in [3.8, 4) is 5.75 Å². The first-order valence-corrected chi connectivity index (χ1v) is 10.2. The average molecular weight is 427 g/mol. The minimum absolute atomic E-state index is 0.0622. The molecule has 0 atom stereocenters. The van der Waals surface area contributed by atoms with Crippen LogP contribution in [-0.2, 0) is 17.8 Å². The number of carbonyl (C=O) groups is 1. The molecule has 0 saturated heterocycles. The standard InChI is InChI=1S/C20H21N5O4S/c1-3-24-18(12-14-8-10-15(29-2)11-9-14)22-23-20(24)30-13-19(26)21-16-6-4-5-7-17(16)25(27)28/h4-11H,3,12-13H2,1-2H3,(H,21,26). The summed E-state index contributed by atoms with van der Waals surface area (Å²) in [4.78, 5) is 22.8. The number of nitro benzene ring substituents is 1. The topological polar surface area (TPSA) is 112 Å². The molecule has 30 heavy (non-hydrogen) atoms. The highest BCUT2D eigenvalue weighted by Crippen LogP contribution is 2.24. The van der Waals surface area contributed by atoms with E-state index in [1.807, 2.05) is 35.8 Å². The minimum Gasteiger partial charge on any atom is -0.497 e. The van der Waals surface area contributed by atoms with Gasteiger partial charge in [-0.05, 0) is 30.7 Å². The van der Waals surface area contributed by atoms with Gasteiger partial charge in [-0.2, -0.15) is 0 Å². The van der Waals surface area contributed by atoms with E-state index in [-0.39, 0.29) is 23.0 Å². The highest BCUT2D eigenvalue weighted by molar-refractivity contribution is 7.99. The zero-order chi connectivity index (χ0) is 21.5. The number of amides is 1. The molecule has 1 aromatic heterocycles. The lowest BCUT2D eigenvalue weighted by Gasteiger charge is -2.08. The Kier molecular flexibility index (Phi) is 7.02. The summed E-state index contributed by atoms with van der Waals surface area (Å²) in [7, 11) is 1.62. The van der Waals surface area contributed by atoms with Gasteiger partial charge in [-0.1, -0.05) is 36.0 Å². The first-order chi connectivity index (χ1) is 14.5. The first kappa shape index (κ1) is 21.3. The number of hydrogen-bond acceptors (Lipinski definition) is 7. The van der Waals surface area contributed by atoms with E-state index in [9.17, 15) is 14.9 Å².